The lowest BCUT2D eigenvalue weighted by Crippen LogP contribution is -2.02. The van der Waals surface area contributed by atoms with Crippen molar-refractivity contribution in [2.24, 2.45) is 0 Å². The Labute approximate surface area is 96.7 Å². The van der Waals surface area contributed by atoms with Gasteiger partial charge < -0.3 is 5.11 Å². The fraction of sp³-hybridized carbons (Fsp3) is 0.0833. The van der Waals surface area contributed by atoms with Crippen molar-refractivity contribution >= 4 is 15.9 Å². The average molecular weight is 264 g/mol. The van der Waals surface area contributed by atoms with Crippen LogP contribution >= 0.6 is 15.9 Å². The molecule has 2 nitrogen and oxygen atoms in total. The van der Waals surface area contributed by atoms with Crippen LogP contribution in [0.25, 0.3) is 0 Å². The molecule has 0 radical (unpaired) electrons. The first kappa shape index (κ1) is 10.3. The lowest BCUT2D eigenvalue weighted by molar-refractivity contribution is 0.214. The van der Waals surface area contributed by atoms with Gasteiger partial charge in [0.25, 0.3) is 0 Å². The molecule has 0 spiro atoms. The van der Waals surface area contributed by atoms with Crippen LogP contribution in [0.4, 0.5) is 0 Å². The molecule has 2 rings (SSSR count). The van der Waals surface area contributed by atoms with Crippen molar-refractivity contribution in [2.75, 3.05) is 0 Å². The minimum absolute atomic E-state index is 0.642. The molecule has 0 saturated heterocycles. The van der Waals surface area contributed by atoms with Crippen molar-refractivity contribution < 1.29 is 5.11 Å². The SMILES string of the molecule is OC(c1ccccc1)c1ncccc1Br. The number of hydrogen-bond acceptors (Lipinski definition) is 2. The molecule has 15 heavy (non-hydrogen) atoms. The van der Waals surface area contributed by atoms with E-state index in [2.05, 4.69) is 20.9 Å². The van der Waals surface area contributed by atoms with Gasteiger partial charge in [-0.15, -0.1) is 0 Å². The van der Waals surface area contributed by atoms with Crippen LogP contribution in [0, 0.1) is 0 Å². The lowest BCUT2D eigenvalue weighted by atomic mass is 10.1. The number of hydrogen-bond donors (Lipinski definition) is 1. The summed E-state index contributed by atoms with van der Waals surface area (Å²) in [6, 6.07) is 13.2. The van der Waals surface area contributed by atoms with E-state index in [1.165, 1.54) is 0 Å². The summed E-state index contributed by atoms with van der Waals surface area (Å²) in [5, 5.41) is 10.1. The normalized spacial score (nSPS) is 12.4. The molecule has 1 unspecified atom stereocenters. The third kappa shape index (κ3) is 2.25. The van der Waals surface area contributed by atoms with Crippen LogP contribution in [0.1, 0.15) is 17.4 Å². The third-order valence-corrected chi connectivity index (χ3v) is 2.83. The zero-order chi connectivity index (χ0) is 10.7. The molecule has 1 heterocycles. The first-order valence-corrected chi connectivity index (χ1v) is 5.42. The summed E-state index contributed by atoms with van der Waals surface area (Å²) in [6.07, 6.45) is 0.994. The fourth-order valence-electron chi connectivity index (χ4n) is 1.39. The molecule has 1 N–H and O–H groups in total. The molecule has 0 fully saturated rings. The first-order chi connectivity index (χ1) is 7.29. The molecule has 0 aliphatic rings. The molecule has 76 valence electrons. The molecule has 2 aromatic rings. The molecule has 3 heteroatoms. The van der Waals surface area contributed by atoms with E-state index in [-0.39, 0.29) is 0 Å². The Hall–Kier alpha value is -1.19. The molecule has 1 aromatic carbocycles. The number of pyridine rings is 1. The highest BCUT2D eigenvalue weighted by Crippen LogP contribution is 2.25. The summed E-state index contributed by atoms with van der Waals surface area (Å²) in [4.78, 5) is 4.16. The van der Waals surface area contributed by atoms with Gasteiger partial charge in [0.1, 0.15) is 6.10 Å². The second-order valence-electron chi connectivity index (χ2n) is 3.18. The Morgan fingerprint density at radius 1 is 1.07 bits per heavy atom. The molecule has 0 amide bonds. The van der Waals surface area contributed by atoms with Gasteiger partial charge in [-0.2, -0.15) is 0 Å². The van der Waals surface area contributed by atoms with Gasteiger partial charge in [0, 0.05) is 10.7 Å². The maximum Gasteiger partial charge on any atom is 0.122 e. The Morgan fingerprint density at radius 3 is 2.47 bits per heavy atom. The second kappa shape index (κ2) is 4.55. The number of nitrogens with zero attached hydrogens (tertiary/aromatic N) is 1. The Kier molecular flexibility index (Phi) is 3.14. The molecule has 0 bridgehead atoms. The molecular weight excluding hydrogens is 254 g/mol. The van der Waals surface area contributed by atoms with Gasteiger partial charge in [0.2, 0.25) is 0 Å². The van der Waals surface area contributed by atoms with Crippen LogP contribution in [-0.2, 0) is 0 Å². The van der Waals surface area contributed by atoms with Gasteiger partial charge in [-0.3, -0.25) is 4.98 Å². The predicted molar refractivity (Wildman–Crippen MR) is 62.4 cm³/mol. The first-order valence-electron chi connectivity index (χ1n) is 4.62. The molecule has 1 aromatic heterocycles. The van der Waals surface area contributed by atoms with Crippen LogP contribution in [0.3, 0.4) is 0 Å². The summed E-state index contributed by atoms with van der Waals surface area (Å²) in [5.74, 6) is 0. The van der Waals surface area contributed by atoms with Crippen LogP contribution in [0.15, 0.2) is 53.1 Å². The van der Waals surface area contributed by atoms with Crippen molar-refractivity contribution in [3.05, 3.63) is 64.4 Å². The van der Waals surface area contributed by atoms with Crippen LogP contribution in [0.5, 0.6) is 0 Å². The average Bonchev–Trinajstić information content (AvgIpc) is 2.30. The van der Waals surface area contributed by atoms with E-state index in [0.29, 0.717) is 5.69 Å². The number of aromatic nitrogens is 1. The number of benzene rings is 1. The van der Waals surface area contributed by atoms with Gasteiger partial charge in [-0.1, -0.05) is 30.3 Å². The summed E-state index contributed by atoms with van der Waals surface area (Å²) >= 11 is 3.37. The molecule has 0 aliphatic heterocycles. The van der Waals surface area contributed by atoms with E-state index < -0.39 is 6.10 Å². The Morgan fingerprint density at radius 2 is 1.80 bits per heavy atom. The van der Waals surface area contributed by atoms with E-state index in [1.807, 2.05) is 42.5 Å². The van der Waals surface area contributed by atoms with E-state index in [1.54, 1.807) is 6.20 Å². The fourth-order valence-corrected chi connectivity index (χ4v) is 1.86. The van der Waals surface area contributed by atoms with E-state index >= 15 is 0 Å². The Balaban J connectivity index is 2.37. The van der Waals surface area contributed by atoms with Crippen LogP contribution in [0.2, 0.25) is 0 Å². The highest BCUT2D eigenvalue weighted by atomic mass is 79.9. The van der Waals surface area contributed by atoms with E-state index in [4.69, 9.17) is 0 Å². The smallest absolute Gasteiger partial charge is 0.122 e. The second-order valence-corrected chi connectivity index (χ2v) is 4.04. The van der Waals surface area contributed by atoms with Gasteiger partial charge >= 0.3 is 0 Å². The topological polar surface area (TPSA) is 33.1 Å². The summed E-state index contributed by atoms with van der Waals surface area (Å²) in [6.45, 7) is 0. The minimum Gasteiger partial charge on any atom is -0.382 e. The van der Waals surface area contributed by atoms with Crippen molar-refractivity contribution in [3.8, 4) is 0 Å². The number of rotatable bonds is 2. The van der Waals surface area contributed by atoms with Crippen molar-refractivity contribution in [2.45, 2.75) is 6.10 Å². The van der Waals surface area contributed by atoms with Gasteiger partial charge in [-0.25, -0.2) is 0 Å². The third-order valence-electron chi connectivity index (χ3n) is 2.16. The minimum atomic E-state index is -0.679. The molecule has 1 atom stereocenters. The standard InChI is InChI=1S/C12H10BrNO/c13-10-7-4-8-14-11(10)12(15)9-5-2-1-3-6-9/h1-8,12,15H. The van der Waals surface area contributed by atoms with Gasteiger partial charge in [0.15, 0.2) is 0 Å². The monoisotopic (exact) mass is 263 g/mol. The van der Waals surface area contributed by atoms with Crippen LogP contribution < -0.4 is 0 Å². The van der Waals surface area contributed by atoms with Crippen molar-refractivity contribution in [1.82, 2.24) is 4.98 Å². The van der Waals surface area contributed by atoms with Crippen molar-refractivity contribution in [3.63, 3.8) is 0 Å². The van der Waals surface area contributed by atoms with E-state index in [9.17, 15) is 5.11 Å². The summed E-state index contributed by atoms with van der Waals surface area (Å²) in [7, 11) is 0. The highest BCUT2D eigenvalue weighted by Gasteiger charge is 2.13. The van der Waals surface area contributed by atoms with Crippen LogP contribution in [-0.4, -0.2) is 10.1 Å². The summed E-state index contributed by atoms with van der Waals surface area (Å²) < 4.78 is 0.821. The maximum atomic E-state index is 10.1. The number of aliphatic hydroxyl groups excluding tert-OH is 1. The maximum absolute atomic E-state index is 10.1. The van der Waals surface area contributed by atoms with Gasteiger partial charge in [0.05, 0.1) is 5.69 Å². The number of halogens is 1. The molecule has 0 aliphatic carbocycles. The van der Waals surface area contributed by atoms with Crippen molar-refractivity contribution in [1.29, 1.82) is 0 Å². The predicted octanol–water partition coefficient (Wildman–Crippen LogP) is 2.93. The molecular formula is C12H10BrNO. The zero-order valence-corrected chi connectivity index (χ0v) is 9.55. The zero-order valence-electron chi connectivity index (χ0n) is 7.97. The summed E-state index contributed by atoms with van der Waals surface area (Å²) in [5.41, 5.74) is 1.49. The highest BCUT2D eigenvalue weighted by molar-refractivity contribution is 9.10. The quantitative estimate of drug-likeness (QED) is 0.904. The number of aliphatic hydroxyl groups is 1. The lowest BCUT2D eigenvalue weighted by Gasteiger charge is -2.11. The Bertz CT molecular complexity index is 444. The van der Waals surface area contributed by atoms with Gasteiger partial charge in [-0.05, 0) is 33.6 Å². The largest absolute Gasteiger partial charge is 0.382 e. The van der Waals surface area contributed by atoms with E-state index in [0.717, 1.165) is 10.0 Å². The molecule has 0 saturated carbocycles.